The second kappa shape index (κ2) is 4.77. The van der Waals surface area contributed by atoms with Crippen molar-refractivity contribution < 1.29 is 0 Å². The third-order valence-corrected chi connectivity index (χ3v) is 2.16. The van der Waals surface area contributed by atoms with Crippen molar-refractivity contribution in [3.63, 3.8) is 0 Å². The highest BCUT2D eigenvalue weighted by atomic mass is 14.9. The molecule has 0 radical (unpaired) electrons. The van der Waals surface area contributed by atoms with Crippen LogP contribution in [-0.4, -0.2) is 12.6 Å². The summed E-state index contributed by atoms with van der Waals surface area (Å²) in [5, 5.41) is 3.28. The molecule has 0 saturated carbocycles. The van der Waals surface area contributed by atoms with Crippen molar-refractivity contribution in [2.24, 2.45) is 0 Å². The fourth-order valence-corrected chi connectivity index (χ4v) is 0.604. The predicted molar refractivity (Wildman–Crippen MR) is 43.1 cm³/mol. The van der Waals surface area contributed by atoms with Crippen LogP contribution < -0.4 is 11.5 Å². The zero-order chi connectivity index (χ0) is 6.62. The van der Waals surface area contributed by atoms with Gasteiger partial charge >= 0.3 is 0 Å². The van der Waals surface area contributed by atoms with Crippen LogP contribution in [0, 0.1) is 0 Å². The fourth-order valence-electron chi connectivity index (χ4n) is 0.604. The van der Waals surface area contributed by atoms with Crippen LogP contribution in [0.5, 0.6) is 0 Å². The molecule has 0 aliphatic carbocycles. The number of hydrogen-bond acceptors (Lipinski definition) is 2. The normalized spacial score (nSPS) is 10.7. The van der Waals surface area contributed by atoms with Gasteiger partial charge in [0.15, 0.2) is 0 Å². The van der Waals surface area contributed by atoms with Crippen molar-refractivity contribution in [1.29, 1.82) is 0 Å². The van der Waals surface area contributed by atoms with E-state index in [1.807, 2.05) is 7.05 Å². The van der Waals surface area contributed by atoms with Gasteiger partial charge in [0.1, 0.15) is 0 Å². The molecule has 0 spiro atoms. The average molecular weight is 132 g/mol. The third kappa shape index (κ3) is 3.49. The minimum Gasteiger partial charge on any atom is -0.344 e. The summed E-state index contributed by atoms with van der Waals surface area (Å²) in [4.78, 5) is 0. The first-order valence-corrected chi connectivity index (χ1v) is 3.37. The van der Waals surface area contributed by atoms with E-state index in [0.29, 0.717) is 5.54 Å². The fraction of sp³-hybridized carbons (Fsp3) is 1.00. The maximum atomic E-state index is 3.28. The van der Waals surface area contributed by atoms with Gasteiger partial charge in [-0.3, -0.25) is 0 Å². The van der Waals surface area contributed by atoms with Crippen molar-refractivity contribution >= 4 is 0 Å². The predicted octanol–water partition coefficient (Wildman–Crippen LogP) is 1.95. The van der Waals surface area contributed by atoms with Crippen molar-refractivity contribution in [2.75, 3.05) is 7.05 Å². The Hall–Kier alpha value is -0.0800. The highest BCUT2D eigenvalue weighted by Crippen LogP contribution is 2.11. The van der Waals surface area contributed by atoms with Gasteiger partial charge in [0.25, 0.3) is 0 Å². The molecule has 0 aromatic heterocycles. The quantitative estimate of drug-likeness (QED) is 0.616. The van der Waals surface area contributed by atoms with Gasteiger partial charge in [-0.25, -0.2) is 0 Å². The lowest BCUT2D eigenvalue weighted by atomic mass is 9.96. The highest BCUT2D eigenvalue weighted by molar-refractivity contribution is 4.76. The molecule has 0 rings (SSSR count). The summed E-state index contributed by atoms with van der Waals surface area (Å²) in [5.74, 6) is 0. The van der Waals surface area contributed by atoms with Crippen LogP contribution in [0.3, 0.4) is 0 Å². The van der Waals surface area contributed by atoms with Gasteiger partial charge < -0.3 is 11.5 Å². The van der Waals surface area contributed by atoms with E-state index in [0.717, 1.165) is 0 Å². The lowest BCUT2D eigenvalue weighted by Crippen LogP contribution is -2.37. The average Bonchev–Trinajstić information content (AvgIpc) is 1.87. The molecule has 0 heterocycles. The second-order valence-corrected chi connectivity index (χ2v) is 2.52. The summed E-state index contributed by atoms with van der Waals surface area (Å²) in [7, 11) is 2.02. The Kier molecular flexibility index (Phi) is 6.19. The summed E-state index contributed by atoms with van der Waals surface area (Å²) >= 11 is 0. The van der Waals surface area contributed by atoms with E-state index < -0.39 is 0 Å². The molecule has 0 bridgehead atoms. The minimum absolute atomic E-state index is 0. The first-order valence-electron chi connectivity index (χ1n) is 3.37. The molecule has 0 aromatic rings. The molecule has 0 atom stereocenters. The van der Waals surface area contributed by atoms with Crippen LogP contribution in [0.25, 0.3) is 0 Å². The van der Waals surface area contributed by atoms with Crippen molar-refractivity contribution in [2.45, 2.75) is 39.2 Å². The van der Waals surface area contributed by atoms with E-state index in [4.69, 9.17) is 0 Å². The molecule has 9 heavy (non-hydrogen) atoms. The lowest BCUT2D eigenvalue weighted by Gasteiger charge is -2.25. The van der Waals surface area contributed by atoms with Crippen LogP contribution in [-0.2, 0) is 0 Å². The topological polar surface area (TPSA) is 47.0 Å². The maximum Gasteiger partial charge on any atom is 0.0145 e. The van der Waals surface area contributed by atoms with Crippen molar-refractivity contribution in [1.82, 2.24) is 11.5 Å². The Morgan fingerprint density at radius 1 is 1.22 bits per heavy atom. The summed E-state index contributed by atoms with van der Waals surface area (Å²) in [5.41, 5.74) is 0.375. The SMILES string of the molecule is CCC(C)(CC)NC.N. The number of rotatable bonds is 3. The molecule has 0 aliphatic rings. The van der Waals surface area contributed by atoms with Gasteiger partial charge in [0.2, 0.25) is 0 Å². The molecule has 2 nitrogen and oxygen atoms in total. The Bertz CT molecular complexity index is 49.7. The summed E-state index contributed by atoms with van der Waals surface area (Å²) in [6.07, 6.45) is 2.42. The standard InChI is InChI=1S/C7H17N.H3N/c1-5-7(3,6-2)8-4;/h8H,5-6H2,1-4H3;1H3. The molecular formula is C7H20N2. The largest absolute Gasteiger partial charge is 0.344 e. The molecule has 0 amide bonds. The zero-order valence-corrected chi connectivity index (χ0v) is 7.12. The number of hydrogen-bond donors (Lipinski definition) is 2. The second-order valence-electron chi connectivity index (χ2n) is 2.52. The van der Waals surface area contributed by atoms with Crippen molar-refractivity contribution in [3.8, 4) is 0 Å². The van der Waals surface area contributed by atoms with Crippen LogP contribution in [0.4, 0.5) is 0 Å². The third-order valence-electron chi connectivity index (χ3n) is 2.16. The van der Waals surface area contributed by atoms with E-state index >= 15 is 0 Å². The van der Waals surface area contributed by atoms with Gasteiger partial charge in [-0.15, -0.1) is 0 Å². The Morgan fingerprint density at radius 2 is 1.56 bits per heavy atom. The molecular weight excluding hydrogens is 112 g/mol. The Morgan fingerprint density at radius 3 is 1.56 bits per heavy atom. The smallest absolute Gasteiger partial charge is 0.0145 e. The first kappa shape index (κ1) is 11.7. The molecule has 0 aromatic carbocycles. The van der Waals surface area contributed by atoms with E-state index in [-0.39, 0.29) is 6.15 Å². The Balaban J connectivity index is 0. The molecule has 58 valence electrons. The first-order chi connectivity index (χ1) is 3.68. The monoisotopic (exact) mass is 132 g/mol. The molecule has 0 aliphatic heterocycles. The van der Waals surface area contributed by atoms with Crippen LogP contribution in [0.2, 0.25) is 0 Å². The molecule has 2 heteroatoms. The van der Waals surface area contributed by atoms with E-state index in [1.165, 1.54) is 12.8 Å². The molecule has 0 saturated heterocycles. The summed E-state index contributed by atoms with van der Waals surface area (Å²) in [6, 6.07) is 0. The Labute approximate surface area is 58.6 Å². The van der Waals surface area contributed by atoms with E-state index in [9.17, 15) is 0 Å². The van der Waals surface area contributed by atoms with Gasteiger partial charge in [0.05, 0.1) is 0 Å². The van der Waals surface area contributed by atoms with Crippen LogP contribution in [0.1, 0.15) is 33.6 Å². The van der Waals surface area contributed by atoms with Gasteiger partial charge in [-0.1, -0.05) is 13.8 Å². The molecule has 0 fully saturated rings. The number of nitrogens with one attached hydrogen (secondary N) is 1. The summed E-state index contributed by atoms with van der Waals surface area (Å²) in [6.45, 7) is 6.66. The lowest BCUT2D eigenvalue weighted by molar-refractivity contribution is 0.359. The van der Waals surface area contributed by atoms with Gasteiger partial charge in [-0.05, 0) is 26.8 Å². The molecule has 0 unspecified atom stereocenters. The van der Waals surface area contributed by atoms with Crippen LogP contribution in [0.15, 0.2) is 0 Å². The summed E-state index contributed by atoms with van der Waals surface area (Å²) < 4.78 is 0. The zero-order valence-electron chi connectivity index (χ0n) is 7.12. The van der Waals surface area contributed by atoms with Gasteiger partial charge in [-0.2, -0.15) is 0 Å². The van der Waals surface area contributed by atoms with E-state index in [1.54, 1.807) is 0 Å². The van der Waals surface area contributed by atoms with Crippen molar-refractivity contribution in [3.05, 3.63) is 0 Å². The maximum absolute atomic E-state index is 3.28. The van der Waals surface area contributed by atoms with Crippen LogP contribution >= 0.6 is 0 Å². The highest BCUT2D eigenvalue weighted by Gasteiger charge is 2.14. The van der Waals surface area contributed by atoms with E-state index in [2.05, 4.69) is 26.1 Å². The minimum atomic E-state index is 0. The van der Waals surface area contributed by atoms with Gasteiger partial charge in [0, 0.05) is 5.54 Å². The molecule has 4 N–H and O–H groups in total.